The van der Waals surface area contributed by atoms with Crippen LogP contribution in [0.3, 0.4) is 0 Å². The Bertz CT molecular complexity index is 1890. The zero-order valence-electron chi connectivity index (χ0n) is 22.0. The van der Waals surface area contributed by atoms with Crippen molar-refractivity contribution in [1.29, 1.82) is 5.26 Å². The van der Waals surface area contributed by atoms with Crippen molar-refractivity contribution in [1.82, 2.24) is 4.98 Å². The summed E-state index contributed by atoms with van der Waals surface area (Å²) in [6, 6.07) is 27.7. The number of thiazole rings is 1. The number of amides is 2. The third-order valence-electron chi connectivity index (χ3n) is 6.03. The summed E-state index contributed by atoms with van der Waals surface area (Å²) in [5, 5.41) is 27.0. The van der Waals surface area contributed by atoms with Crippen LogP contribution in [-0.2, 0) is 4.79 Å². The third kappa shape index (κ3) is 6.69. The molecule has 0 aliphatic rings. The third-order valence-corrected chi connectivity index (χ3v) is 8.17. The number of hydrogen-bond donors (Lipinski definition) is 2. The lowest BCUT2D eigenvalue weighted by Gasteiger charge is -2.05. The lowest BCUT2D eigenvalue weighted by Crippen LogP contribution is -2.13. The molecule has 1 heterocycles. The summed E-state index contributed by atoms with van der Waals surface area (Å²) in [6.07, 6.45) is 1.31. The Balaban J connectivity index is 1.34. The Morgan fingerprint density at radius 3 is 2.45 bits per heavy atom. The van der Waals surface area contributed by atoms with E-state index in [4.69, 9.17) is 0 Å². The fourth-order valence-electron chi connectivity index (χ4n) is 3.92. The number of aromatic nitrogens is 1. The molecule has 11 heteroatoms. The van der Waals surface area contributed by atoms with Crippen molar-refractivity contribution < 1.29 is 14.5 Å². The lowest BCUT2D eigenvalue weighted by molar-refractivity contribution is -0.387. The first kappa shape index (κ1) is 28.2. The van der Waals surface area contributed by atoms with Gasteiger partial charge in [-0.15, -0.1) is 11.3 Å². The van der Waals surface area contributed by atoms with Crippen molar-refractivity contribution in [2.24, 2.45) is 0 Å². The van der Waals surface area contributed by atoms with Gasteiger partial charge in [-0.1, -0.05) is 53.7 Å². The Kier molecular flexibility index (Phi) is 8.38. The van der Waals surface area contributed by atoms with Crippen LogP contribution in [0.1, 0.15) is 21.5 Å². The van der Waals surface area contributed by atoms with Gasteiger partial charge in [0.05, 0.1) is 20.0 Å². The number of para-hydroxylation sites is 1. The standard InChI is InChI=1S/C31H21N5O4S2/c1-19-7-10-21(11-8-19)29(37)34-24-12-13-25-28(17-24)42-31(35-25)41-27-14-9-20(16-26(27)36(39)40)15-22(18-32)30(38)33-23-5-3-2-4-6-23/h2-17H,1H3,(H,33,38)(H,34,37)/b22-15+. The maximum atomic E-state index is 12.6. The number of rotatable bonds is 8. The van der Waals surface area contributed by atoms with Crippen molar-refractivity contribution >= 4 is 68.3 Å². The van der Waals surface area contributed by atoms with Gasteiger partial charge in [-0.05, 0) is 67.1 Å². The van der Waals surface area contributed by atoms with E-state index in [0.717, 1.165) is 22.0 Å². The first-order valence-electron chi connectivity index (χ1n) is 12.5. The molecule has 0 spiro atoms. The second-order valence-corrected chi connectivity index (χ2v) is 11.4. The monoisotopic (exact) mass is 591 g/mol. The van der Waals surface area contributed by atoms with E-state index in [1.165, 1.54) is 23.5 Å². The predicted molar refractivity (Wildman–Crippen MR) is 165 cm³/mol. The van der Waals surface area contributed by atoms with Crippen LogP contribution in [-0.4, -0.2) is 21.7 Å². The number of carbonyl (C=O) groups excluding carboxylic acids is 2. The largest absolute Gasteiger partial charge is 0.322 e. The molecule has 0 atom stereocenters. The van der Waals surface area contributed by atoms with Gasteiger partial charge in [-0.2, -0.15) is 5.26 Å². The highest BCUT2D eigenvalue weighted by Crippen LogP contribution is 2.40. The molecule has 5 rings (SSSR count). The van der Waals surface area contributed by atoms with Crippen molar-refractivity contribution in [3.63, 3.8) is 0 Å². The molecule has 9 nitrogen and oxygen atoms in total. The molecule has 0 fully saturated rings. The fraction of sp³-hybridized carbons (Fsp3) is 0.0323. The van der Waals surface area contributed by atoms with Crippen LogP contribution in [0.4, 0.5) is 17.1 Å². The van der Waals surface area contributed by atoms with Gasteiger partial charge < -0.3 is 10.6 Å². The number of nitro groups is 1. The molecule has 1 aromatic heterocycles. The molecule has 2 amide bonds. The number of nitrogens with one attached hydrogen (secondary N) is 2. The highest BCUT2D eigenvalue weighted by atomic mass is 32.2. The summed E-state index contributed by atoms with van der Waals surface area (Å²) < 4.78 is 1.39. The van der Waals surface area contributed by atoms with E-state index >= 15 is 0 Å². The molecule has 0 saturated heterocycles. The molecule has 4 aromatic carbocycles. The molecule has 0 saturated carbocycles. The molecule has 0 radical (unpaired) electrons. The summed E-state index contributed by atoms with van der Waals surface area (Å²) in [5.41, 5.74) is 3.41. The zero-order valence-corrected chi connectivity index (χ0v) is 23.7. The van der Waals surface area contributed by atoms with Gasteiger partial charge in [0.2, 0.25) is 0 Å². The average Bonchev–Trinajstić information content (AvgIpc) is 3.38. The molecular formula is C31H21N5O4S2. The average molecular weight is 592 g/mol. The zero-order chi connectivity index (χ0) is 29.6. The SMILES string of the molecule is Cc1ccc(C(=O)Nc2ccc3nc(Sc4ccc(/C=C(\C#N)C(=O)Nc5ccccc5)cc4[N+](=O)[O-])sc3c2)cc1. The quantitative estimate of drug-likeness (QED) is 0.0826. The number of benzene rings is 4. The Hall–Kier alpha value is -5.31. The molecule has 42 heavy (non-hydrogen) atoms. The van der Waals surface area contributed by atoms with E-state index in [9.17, 15) is 25.0 Å². The van der Waals surface area contributed by atoms with E-state index < -0.39 is 10.8 Å². The highest BCUT2D eigenvalue weighted by Gasteiger charge is 2.19. The molecule has 2 N–H and O–H groups in total. The van der Waals surface area contributed by atoms with E-state index in [1.54, 1.807) is 66.7 Å². The van der Waals surface area contributed by atoms with Crippen LogP contribution >= 0.6 is 23.1 Å². The van der Waals surface area contributed by atoms with Crippen LogP contribution in [0.25, 0.3) is 16.3 Å². The van der Waals surface area contributed by atoms with Crippen molar-refractivity contribution in [3.05, 3.63) is 123 Å². The normalized spacial score (nSPS) is 11.1. The molecular weight excluding hydrogens is 571 g/mol. The number of carbonyl (C=O) groups is 2. The number of anilines is 2. The Labute approximate surface area is 248 Å². The van der Waals surface area contributed by atoms with Crippen LogP contribution < -0.4 is 10.6 Å². The van der Waals surface area contributed by atoms with E-state index in [2.05, 4.69) is 15.6 Å². The number of nitro benzene ring substituents is 1. The summed E-state index contributed by atoms with van der Waals surface area (Å²) in [5.74, 6) is -0.843. The second-order valence-electron chi connectivity index (χ2n) is 9.06. The summed E-state index contributed by atoms with van der Waals surface area (Å²) in [6.45, 7) is 1.95. The van der Waals surface area contributed by atoms with Gasteiger partial charge in [0.25, 0.3) is 17.5 Å². The number of nitrogens with zero attached hydrogens (tertiary/aromatic N) is 3. The summed E-state index contributed by atoms with van der Waals surface area (Å²) >= 11 is 2.49. The van der Waals surface area contributed by atoms with Gasteiger partial charge in [0.15, 0.2) is 4.34 Å². The Morgan fingerprint density at radius 1 is 0.976 bits per heavy atom. The van der Waals surface area contributed by atoms with Crippen LogP contribution in [0.15, 0.2) is 106 Å². The first-order valence-corrected chi connectivity index (χ1v) is 14.2. The molecule has 0 aliphatic carbocycles. The van der Waals surface area contributed by atoms with Gasteiger partial charge in [-0.3, -0.25) is 19.7 Å². The van der Waals surface area contributed by atoms with Crippen molar-refractivity contribution in [3.8, 4) is 6.07 Å². The number of nitriles is 1. The van der Waals surface area contributed by atoms with Gasteiger partial charge in [0, 0.05) is 23.0 Å². The van der Waals surface area contributed by atoms with Crippen LogP contribution in [0.5, 0.6) is 0 Å². The van der Waals surface area contributed by atoms with Crippen molar-refractivity contribution in [2.45, 2.75) is 16.2 Å². The Morgan fingerprint density at radius 2 is 1.74 bits per heavy atom. The molecule has 0 bridgehead atoms. The molecule has 5 aromatic rings. The maximum absolute atomic E-state index is 12.6. The maximum Gasteiger partial charge on any atom is 0.283 e. The highest BCUT2D eigenvalue weighted by molar-refractivity contribution is 8.01. The lowest BCUT2D eigenvalue weighted by atomic mass is 10.1. The smallest absolute Gasteiger partial charge is 0.283 e. The molecule has 0 unspecified atom stereocenters. The summed E-state index contributed by atoms with van der Waals surface area (Å²) in [4.78, 5) is 41.5. The topological polar surface area (TPSA) is 138 Å². The summed E-state index contributed by atoms with van der Waals surface area (Å²) in [7, 11) is 0. The fourth-order valence-corrected chi connectivity index (χ4v) is 6.06. The van der Waals surface area contributed by atoms with Crippen LogP contribution in [0.2, 0.25) is 0 Å². The van der Waals surface area contributed by atoms with Crippen LogP contribution in [0, 0.1) is 28.4 Å². The van der Waals surface area contributed by atoms with Gasteiger partial charge >= 0.3 is 0 Å². The van der Waals surface area contributed by atoms with E-state index in [-0.39, 0.29) is 17.2 Å². The molecule has 0 aliphatic heterocycles. The number of hydrogen-bond acceptors (Lipinski definition) is 8. The first-order chi connectivity index (χ1) is 20.3. The second kappa shape index (κ2) is 12.5. The van der Waals surface area contributed by atoms with Crippen molar-refractivity contribution in [2.75, 3.05) is 10.6 Å². The minimum Gasteiger partial charge on any atom is -0.322 e. The number of aryl methyl sites for hydroxylation is 1. The minimum atomic E-state index is -0.617. The van der Waals surface area contributed by atoms with Gasteiger partial charge in [0.1, 0.15) is 11.6 Å². The number of fused-ring (bicyclic) bond motifs is 1. The van der Waals surface area contributed by atoms with Gasteiger partial charge in [-0.25, -0.2) is 4.98 Å². The van der Waals surface area contributed by atoms with E-state index in [1.807, 2.05) is 31.2 Å². The minimum absolute atomic E-state index is 0.181. The molecule has 206 valence electrons. The predicted octanol–water partition coefficient (Wildman–Crippen LogP) is 7.46. The van der Waals surface area contributed by atoms with E-state index in [0.29, 0.717) is 37.3 Å².